The van der Waals surface area contributed by atoms with E-state index in [1.807, 2.05) is 22.6 Å². The summed E-state index contributed by atoms with van der Waals surface area (Å²) in [7, 11) is 1.63. The van der Waals surface area contributed by atoms with Crippen molar-refractivity contribution in [2.75, 3.05) is 7.11 Å². The van der Waals surface area contributed by atoms with Gasteiger partial charge >= 0.3 is 0 Å². The summed E-state index contributed by atoms with van der Waals surface area (Å²) in [5, 5.41) is 0.454. The molecule has 16 heavy (non-hydrogen) atoms. The van der Waals surface area contributed by atoms with E-state index in [4.69, 9.17) is 16.3 Å². The van der Waals surface area contributed by atoms with Crippen LogP contribution in [0.3, 0.4) is 0 Å². The first-order chi connectivity index (χ1) is 7.79. The molecule has 3 rings (SSSR count). The Morgan fingerprint density at radius 1 is 1.31 bits per heavy atom. The topological polar surface area (TPSA) is 39.4 Å². The smallest absolute Gasteiger partial charge is 0.155 e. The second-order valence-corrected chi connectivity index (χ2v) is 3.76. The van der Waals surface area contributed by atoms with Crippen LogP contribution in [0.15, 0.2) is 30.7 Å². The number of ether oxygens (including phenoxy) is 1. The third-order valence-corrected chi connectivity index (χ3v) is 2.79. The molecule has 2 aromatic heterocycles. The van der Waals surface area contributed by atoms with Crippen molar-refractivity contribution < 1.29 is 4.74 Å². The van der Waals surface area contributed by atoms with Crippen molar-refractivity contribution >= 4 is 28.2 Å². The van der Waals surface area contributed by atoms with E-state index in [-0.39, 0.29) is 0 Å². The van der Waals surface area contributed by atoms with Crippen molar-refractivity contribution in [1.82, 2.24) is 14.4 Å². The summed E-state index contributed by atoms with van der Waals surface area (Å²) in [6.45, 7) is 0. The van der Waals surface area contributed by atoms with E-state index in [1.54, 1.807) is 19.6 Å². The zero-order valence-corrected chi connectivity index (χ0v) is 9.27. The van der Waals surface area contributed by atoms with Gasteiger partial charge in [0, 0.05) is 6.07 Å². The van der Waals surface area contributed by atoms with E-state index in [9.17, 15) is 0 Å². The van der Waals surface area contributed by atoms with Crippen LogP contribution in [0.25, 0.3) is 16.6 Å². The van der Waals surface area contributed by atoms with Gasteiger partial charge in [-0.05, 0) is 12.1 Å². The van der Waals surface area contributed by atoms with Crippen molar-refractivity contribution in [3.8, 4) is 5.75 Å². The Morgan fingerprint density at radius 2 is 2.19 bits per heavy atom. The summed E-state index contributed by atoms with van der Waals surface area (Å²) in [6, 6.07) is 5.64. The largest absolute Gasteiger partial charge is 0.497 e. The molecule has 0 radical (unpaired) electrons. The summed E-state index contributed by atoms with van der Waals surface area (Å²) in [5.41, 5.74) is 2.54. The highest BCUT2D eigenvalue weighted by atomic mass is 35.5. The number of imidazole rings is 1. The normalized spacial score (nSPS) is 11.1. The van der Waals surface area contributed by atoms with Gasteiger partial charge in [-0.2, -0.15) is 0 Å². The molecule has 0 aliphatic rings. The monoisotopic (exact) mass is 233 g/mol. The summed E-state index contributed by atoms with van der Waals surface area (Å²) in [4.78, 5) is 8.37. The van der Waals surface area contributed by atoms with E-state index >= 15 is 0 Å². The quantitative estimate of drug-likeness (QED) is 0.649. The Hall–Kier alpha value is -1.81. The van der Waals surface area contributed by atoms with Crippen LogP contribution < -0.4 is 4.74 Å². The molecular weight excluding hydrogens is 226 g/mol. The number of hydrogen-bond acceptors (Lipinski definition) is 3. The van der Waals surface area contributed by atoms with Gasteiger partial charge in [-0.15, -0.1) is 0 Å². The van der Waals surface area contributed by atoms with Crippen molar-refractivity contribution in [1.29, 1.82) is 0 Å². The van der Waals surface area contributed by atoms with Crippen molar-refractivity contribution in [3.05, 3.63) is 35.9 Å². The summed E-state index contributed by atoms with van der Waals surface area (Å²) in [6.07, 6.45) is 3.40. The average molecular weight is 234 g/mol. The fraction of sp³-hybridized carbons (Fsp3) is 0.0909. The molecule has 0 fully saturated rings. The Morgan fingerprint density at radius 3 is 3.00 bits per heavy atom. The average Bonchev–Trinajstić information content (AvgIpc) is 2.78. The Labute approximate surface area is 96.5 Å². The van der Waals surface area contributed by atoms with E-state index in [2.05, 4.69) is 9.97 Å². The van der Waals surface area contributed by atoms with Gasteiger partial charge in [-0.25, -0.2) is 9.97 Å². The molecule has 0 saturated heterocycles. The minimum atomic E-state index is 0.454. The highest BCUT2D eigenvalue weighted by Crippen LogP contribution is 2.24. The molecule has 1 aromatic carbocycles. The lowest BCUT2D eigenvalue weighted by Crippen LogP contribution is -1.92. The first-order valence-corrected chi connectivity index (χ1v) is 5.13. The van der Waals surface area contributed by atoms with E-state index < -0.39 is 0 Å². The maximum atomic E-state index is 6.05. The SMILES string of the molecule is COc1ccc2nc(Cl)c3cncn3c2c1. The maximum Gasteiger partial charge on any atom is 0.155 e. The molecule has 0 atom stereocenters. The fourth-order valence-electron chi connectivity index (χ4n) is 1.72. The molecule has 2 heterocycles. The molecule has 5 heteroatoms. The number of hydrogen-bond donors (Lipinski definition) is 0. The van der Waals surface area contributed by atoms with Crippen LogP contribution in [0.5, 0.6) is 5.75 Å². The number of rotatable bonds is 1. The molecule has 0 amide bonds. The third kappa shape index (κ3) is 1.23. The van der Waals surface area contributed by atoms with Gasteiger partial charge in [0.2, 0.25) is 0 Å². The number of aromatic nitrogens is 3. The number of halogens is 1. The van der Waals surface area contributed by atoms with Crippen LogP contribution in [0.2, 0.25) is 5.15 Å². The lowest BCUT2D eigenvalue weighted by molar-refractivity contribution is 0.415. The predicted octanol–water partition coefficient (Wildman–Crippen LogP) is 2.54. The second kappa shape index (κ2) is 3.35. The Kier molecular flexibility index (Phi) is 1.97. The van der Waals surface area contributed by atoms with E-state index in [0.29, 0.717) is 5.15 Å². The maximum absolute atomic E-state index is 6.05. The molecule has 4 nitrogen and oxygen atoms in total. The van der Waals surface area contributed by atoms with Crippen LogP contribution in [0.1, 0.15) is 0 Å². The zero-order valence-electron chi connectivity index (χ0n) is 8.51. The predicted molar refractivity (Wildman–Crippen MR) is 62.1 cm³/mol. The Balaban J connectivity index is 2.50. The molecule has 80 valence electrons. The van der Waals surface area contributed by atoms with Gasteiger partial charge in [-0.3, -0.25) is 4.40 Å². The molecule has 0 aliphatic carbocycles. The van der Waals surface area contributed by atoms with Crippen LogP contribution >= 0.6 is 11.6 Å². The third-order valence-electron chi connectivity index (χ3n) is 2.51. The van der Waals surface area contributed by atoms with Crippen molar-refractivity contribution in [2.24, 2.45) is 0 Å². The van der Waals surface area contributed by atoms with Gasteiger partial charge in [0.25, 0.3) is 0 Å². The minimum absolute atomic E-state index is 0.454. The van der Waals surface area contributed by atoms with Gasteiger partial charge in [0.15, 0.2) is 5.15 Å². The van der Waals surface area contributed by atoms with Crippen molar-refractivity contribution in [2.45, 2.75) is 0 Å². The van der Waals surface area contributed by atoms with Crippen LogP contribution in [0, 0.1) is 0 Å². The molecule has 0 N–H and O–H groups in total. The first kappa shape index (κ1) is 9.42. The second-order valence-electron chi connectivity index (χ2n) is 3.41. The summed E-state index contributed by atoms with van der Waals surface area (Å²) >= 11 is 6.05. The van der Waals surface area contributed by atoms with E-state index in [0.717, 1.165) is 22.3 Å². The highest BCUT2D eigenvalue weighted by molar-refractivity contribution is 6.33. The standard InChI is InChI=1S/C11H8ClN3O/c1-16-7-2-3-8-9(4-7)15-6-13-5-10(15)11(12)14-8/h2-6H,1H3. The zero-order chi connectivity index (χ0) is 11.1. The van der Waals surface area contributed by atoms with Crippen LogP contribution in [-0.4, -0.2) is 21.5 Å². The summed E-state index contributed by atoms with van der Waals surface area (Å²) in [5.74, 6) is 0.784. The Bertz CT molecular complexity index is 677. The lowest BCUT2D eigenvalue weighted by atomic mass is 10.3. The number of benzene rings is 1. The first-order valence-electron chi connectivity index (χ1n) is 4.75. The number of nitrogens with zero attached hydrogens (tertiary/aromatic N) is 3. The number of methoxy groups -OCH3 is 1. The molecular formula is C11H8ClN3O. The molecule has 0 bridgehead atoms. The molecule has 0 saturated carbocycles. The van der Waals surface area contributed by atoms with Gasteiger partial charge in [-0.1, -0.05) is 11.6 Å². The molecule has 0 spiro atoms. The molecule has 0 unspecified atom stereocenters. The van der Waals surface area contributed by atoms with Gasteiger partial charge in [0.1, 0.15) is 11.3 Å². The number of fused-ring (bicyclic) bond motifs is 3. The fourth-order valence-corrected chi connectivity index (χ4v) is 1.95. The van der Waals surface area contributed by atoms with E-state index in [1.165, 1.54) is 0 Å². The lowest BCUT2D eigenvalue weighted by Gasteiger charge is -2.05. The minimum Gasteiger partial charge on any atom is -0.497 e. The van der Waals surface area contributed by atoms with Crippen molar-refractivity contribution in [3.63, 3.8) is 0 Å². The van der Waals surface area contributed by atoms with Crippen LogP contribution in [0.4, 0.5) is 0 Å². The van der Waals surface area contributed by atoms with Crippen LogP contribution in [-0.2, 0) is 0 Å². The molecule has 0 aliphatic heterocycles. The highest BCUT2D eigenvalue weighted by Gasteiger charge is 2.07. The van der Waals surface area contributed by atoms with Gasteiger partial charge in [0.05, 0.1) is 30.7 Å². The molecule has 3 aromatic rings. The summed E-state index contributed by atoms with van der Waals surface area (Å²) < 4.78 is 7.08. The van der Waals surface area contributed by atoms with Gasteiger partial charge < -0.3 is 4.74 Å².